The van der Waals surface area contributed by atoms with Crippen molar-refractivity contribution in [2.75, 3.05) is 0 Å². The fraction of sp³-hybridized carbons (Fsp3) is 0.211. The third kappa shape index (κ3) is 4.77. The minimum absolute atomic E-state index is 0.108. The summed E-state index contributed by atoms with van der Waals surface area (Å²) in [6, 6.07) is 5.13. The van der Waals surface area contributed by atoms with Crippen LogP contribution in [0.25, 0.3) is 5.70 Å². The molecule has 0 spiro atoms. The maximum Gasteiger partial charge on any atom is 0.416 e. The molecule has 0 aromatic heterocycles. The van der Waals surface area contributed by atoms with Gasteiger partial charge < -0.3 is 11.2 Å². The van der Waals surface area contributed by atoms with Crippen molar-refractivity contribution in [2.45, 2.75) is 25.4 Å². The van der Waals surface area contributed by atoms with Gasteiger partial charge in [0.15, 0.2) is 5.70 Å². The van der Waals surface area contributed by atoms with Gasteiger partial charge in [-0.05, 0) is 37.0 Å². The zero-order valence-corrected chi connectivity index (χ0v) is 14.0. The Morgan fingerprint density at radius 3 is 2.65 bits per heavy atom. The lowest BCUT2D eigenvalue weighted by Gasteiger charge is -2.15. The topological polar surface area (TPSA) is 87.9 Å². The van der Waals surface area contributed by atoms with Crippen LogP contribution in [-0.2, 0) is 12.6 Å². The molecule has 2 rings (SSSR count). The standard InChI is InChI=1S/C19H19F3N4/c20-19(21,22)15-10-9-14(8-7-13-5-3-1-2-4-6-13)16(11-15)18(24)17(12-23)26-25/h1-3,5-6,9-11,26H,4,7-8,24-25H2/b18-17-. The molecule has 1 aromatic carbocycles. The molecule has 0 fully saturated rings. The number of hydrogen-bond donors (Lipinski definition) is 3. The van der Waals surface area contributed by atoms with Gasteiger partial charge in [-0.1, -0.05) is 42.0 Å². The van der Waals surface area contributed by atoms with Crippen LogP contribution in [0.3, 0.4) is 0 Å². The number of hydrazine groups is 1. The lowest BCUT2D eigenvalue weighted by molar-refractivity contribution is -0.137. The second-order valence-electron chi connectivity index (χ2n) is 5.72. The van der Waals surface area contributed by atoms with Crippen LogP contribution in [0, 0.1) is 11.3 Å². The summed E-state index contributed by atoms with van der Waals surface area (Å²) in [7, 11) is 0. The van der Waals surface area contributed by atoms with Crippen LogP contribution in [0.1, 0.15) is 29.5 Å². The van der Waals surface area contributed by atoms with E-state index >= 15 is 0 Å². The molecule has 0 saturated carbocycles. The number of nitrogens with zero attached hydrogens (tertiary/aromatic N) is 1. The highest BCUT2D eigenvalue weighted by molar-refractivity contribution is 5.71. The van der Waals surface area contributed by atoms with Gasteiger partial charge in [0.2, 0.25) is 0 Å². The SMILES string of the molecule is N#C/C(NN)=C(/N)c1cc(C(F)(F)F)ccc1CCC1=CCC=CC=C1. The highest BCUT2D eigenvalue weighted by Crippen LogP contribution is 2.32. The number of nitriles is 1. The van der Waals surface area contributed by atoms with Crippen molar-refractivity contribution >= 4 is 5.70 Å². The maximum atomic E-state index is 13.1. The molecule has 1 aromatic rings. The summed E-state index contributed by atoms with van der Waals surface area (Å²) in [5.41, 5.74) is 8.79. The van der Waals surface area contributed by atoms with E-state index in [1.807, 2.05) is 24.3 Å². The summed E-state index contributed by atoms with van der Waals surface area (Å²) in [6.07, 6.45) is 7.33. The largest absolute Gasteiger partial charge is 0.416 e. The first kappa shape index (κ1) is 19.3. The van der Waals surface area contributed by atoms with Gasteiger partial charge in [-0.15, -0.1) is 0 Å². The summed E-state index contributed by atoms with van der Waals surface area (Å²) in [5, 5.41) is 9.07. The second kappa shape index (κ2) is 8.41. The number of halogens is 3. The van der Waals surface area contributed by atoms with E-state index in [0.717, 1.165) is 24.1 Å². The van der Waals surface area contributed by atoms with E-state index in [1.165, 1.54) is 6.07 Å². The molecule has 0 unspecified atom stereocenters. The van der Waals surface area contributed by atoms with Gasteiger partial charge in [0, 0.05) is 5.56 Å². The molecule has 0 amide bonds. The monoisotopic (exact) mass is 360 g/mol. The van der Waals surface area contributed by atoms with Crippen molar-refractivity contribution in [3.63, 3.8) is 0 Å². The molecule has 0 saturated heterocycles. The van der Waals surface area contributed by atoms with Crippen molar-refractivity contribution in [3.8, 4) is 6.07 Å². The third-order valence-corrected chi connectivity index (χ3v) is 4.01. The fourth-order valence-electron chi connectivity index (χ4n) is 2.61. The van der Waals surface area contributed by atoms with Gasteiger partial charge in [-0.3, -0.25) is 0 Å². The van der Waals surface area contributed by atoms with Crippen LogP contribution in [0.5, 0.6) is 0 Å². The van der Waals surface area contributed by atoms with Gasteiger partial charge in [-0.2, -0.15) is 18.4 Å². The Balaban J connectivity index is 2.40. The van der Waals surface area contributed by atoms with E-state index < -0.39 is 11.7 Å². The number of benzene rings is 1. The average Bonchev–Trinajstić information content (AvgIpc) is 2.88. The maximum absolute atomic E-state index is 13.1. The van der Waals surface area contributed by atoms with Gasteiger partial charge in [0.25, 0.3) is 0 Å². The molecule has 5 N–H and O–H groups in total. The number of allylic oxidation sites excluding steroid dienone is 7. The molecule has 1 aliphatic carbocycles. The normalized spacial score (nSPS) is 15.0. The lowest BCUT2D eigenvalue weighted by atomic mass is 9.95. The number of aryl methyl sites for hydroxylation is 1. The smallest absolute Gasteiger partial charge is 0.396 e. The van der Waals surface area contributed by atoms with Gasteiger partial charge >= 0.3 is 6.18 Å². The van der Waals surface area contributed by atoms with E-state index in [0.29, 0.717) is 18.4 Å². The molecule has 0 radical (unpaired) electrons. The molecule has 26 heavy (non-hydrogen) atoms. The Morgan fingerprint density at radius 1 is 1.23 bits per heavy atom. The predicted molar refractivity (Wildman–Crippen MR) is 94.8 cm³/mol. The van der Waals surface area contributed by atoms with Gasteiger partial charge in [0.05, 0.1) is 11.3 Å². The van der Waals surface area contributed by atoms with E-state index in [1.54, 1.807) is 6.07 Å². The Labute approximate surface area is 150 Å². The Morgan fingerprint density at radius 2 is 2.00 bits per heavy atom. The van der Waals surface area contributed by atoms with E-state index in [2.05, 4.69) is 11.5 Å². The first-order valence-electron chi connectivity index (χ1n) is 7.96. The summed E-state index contributed by atoms with van der Waals surface area (Å²) in [5.74, 6) is 5.25. The molecule has 0 bridgehead atoms. The molecule has 7 heteroatoms. The molecular weight excluding hydrogens is 341 g/mol. The Bertz CT molecular complexity index is 824. The van der Waals surface area contributed by atoms with Crippen LogP contribution in [0.4, 0.5) is 13.2 Å². The van der Waals surface area contributed by atoms with E-state index in [4.69, 9.17) is 16.8 Å². The summed E-state index contributed by atoms with van der Waals surface area (Å²) in [4.78, 5) is 0. The Hall–Kier alpha value is -2.98. The number of hydrogen-bond acceptors (Lipinski definition) is 4. The number of nitrogens with two attached hydrogens (primary N) is 2. The first-order valence-corrected chi connectivity index (χ1v) is 7.96. The van der Waals surface area contributed by atoms with E-state index in [-0.39, 0.29) is 17.0 Å². The van der Waals surface area contributed by atoms with Crippen LogP contribution in [0.15, 0.2) is 59.8 Å². The number of nitrogens with one attached hydrogen (secondary N) is 1. The highest BCUT2D eigenvalue weighted by Gasteiger charge is 2.31. The van der Waals surface area contributed by atoms with E-state index in [9.17, 15) is 13.2 Å². The van der Waals surface area contributed by atoms with Crippen molar-refractivity contribution in [2.24, 2.45) is 11.6 Å². The van der Waals surface area contributed by atoms with Crippen molar-refractivity contribution < 1.29 is 13.2 Å². The highest BCUT2D eigenvalue weighted by atomic mass is 19.4. The van der Waals surface area contributed by atoms with Crippen molar-refractivity contribution in [1.82, 2.24) is 5.43 Å². The zero-order chi connectivity index (χ0) is 19.2. The fourth-order valence-corrected chi connectivity index (χ4v) is 2.61. The van der Waals surface area contributed by atoms with Gasteiger partial charge in [-0.25, -0.2) is 5.84 Å². The minimum Gasteiger partial charge on any atom is -0.396 e. The molecule has 136 valence electrons. The predicted octanol–water partition coefficient (Wildman–Crippen LogP) is 3.69. The first-order chi connectivity index (χ1) is 12.4. The molecule has 0 heterocycles. The molecule has 4 nitrogen and oxygen atoms in total. The minimum atomic E-state index is -4.51. The number of rotatable bonds is 5. The van der Waals surface area contributed by atoms with Crippen LogP contribution < -0.4 is 17.0 Å². The second-order valence-corrected chi connectivity index (χ2v) is 5.72. The lowest BCUT2D eigenvalue weighted by Crippen LogP contribution is -2.24. The third-order valence-electron chi connectivity index (χ3n) is 4.01. The average molecular weight is 360 g/mol. The summed E-state index contributed by atoms with van der Waals surface area (Å²) in [6.45, 7) is 0. The quantitative estimate of drug-likeness (QED) is 0.424. The van der Waals surface area contributed by atoms with Gasteiger partial charge in [0.1, 0.15) is 6.07 Å². The van der Waals surface area contributed by atoms with Crippen LogP contribution in [-0.4, -0.2) is 0 Å². The van der Waals surface area contributed by atoms with Crippen LogP contribution >= 0.6 is 0 Å². The summed E-state index contributed by atoms with van der Waals surface area (Å²) >= 11 is 0. The molecule has 0 atom stereocenters. The molecular formula is C19H19F3N4. The number of alkyl halides is 3. The van der Waals surface area contributed by atoms with Crippen LogP contribution in [0.2, 0.25) is 0 Å². The Kier molecular flexibility index (Phi) is 6.26. The summed E-state index contributed by atoms with van der Waals surface area (Å²) < 4.78 is 39.2. The molecule has 1 aliphatic rings. The van der Waals surface area contributed by atoms with Crippen molar-refractivity contribution in [3.05, 3.63) is 76.5 Å². The molecule has 0 aliphatic heterocycles. The van der Waals surface area contributed by atoms with Crippen molar-refractivity contribution in [1.29, 1.82) is 5.26 Å². The zero-order valence-electron chi connectivity index (χ0n) is 14.0.